The van der Waals surface area contributed by atoms with Gasteiger partial charge in [-0.05, 0) is 36.6 Å². The summed E-state index contributed by atoms with van der Waals surface area (Å²) in [4.78, 5) is 24.6. The number of carbonyl (C=O) groups excluding carboxylic acids is 2. The number of nitrogens with zero attached hydrogens (tertiary/aromatic N) is 1. The molecule has 2 rings (SSSR count). The van der Waals surface area contributed by atoms with E-state index >= 15 is 0 Å². The first kappa shape index (κ1) is 14.1. The van der Waals surface area contributed by atoms with Crippen LogP contribution in [0.15, 0.2) is 18.2 Å². The SMILES string of the molecule is CC(=O)SCC1CC(=O)N(c2ccc(F)c(C)c2)C1. The van der Waals surface area contributed by atoms with Gasteiger partial charge < -0.3 is 4.90 Å². The number of carbonyl (C=O) groups is 2. The summed E-state index contributed by atoms with van der Waals surface area (Å²) in [6.07, 6.45) is 0.455. The standard InChI is InChI=1S/C14H16FNO2S/c1-9-5-12(3-4-13(9)15)16-7-11(6-14(16)18)8-19-10(2)17/h3-5,11H,6-8H2,1-2H3. The van der Waals surface area contributed by atoms with Crippen molar-refractivity contribution in [2.24, 2.45) is 5.92 Å². The lowest BCUT2D eigenvalue weighted by atomic mass is 10.1. The number of rotatable bonds is 3. The topological polar surface area (TPSA) is 37.4 Å². The minimum absolute atomic E-state index is 0.0418. The lowest BCUT2D eigenvalue weighted by molar-refractivity contribution is -0.117. The maximum atomic E-state index is 13.2. The van der Waals surface area contributed by atoms with Crippen molar-refractivity contribution in [3.8, 4) is 0 Å². The molecule has 0 aromatic heterocycles. The fourth-order valence-corrected chi connectivity index (χ4v) is 2.87. The zero-order valence-electron chi connectivity index (χ0n) is 11.0. The van der Waals surface area contributed by atoms with Crippen LogP contribution in [0.4, 0.5) is 10.1 Å². The van der Waals surface area contributed by atoms with E-state index < -0.39 is 0 Å². The zero-order valence-corrected chi connectivity index (χ0v) is 11.8. The van der Waals surface area contributed by atoms with E-state index in [1.807, 2.05) is 0 Å². The second kappa shape index (κ2) is 5.74. The monoisotopic (exact) mass is 281 g/mol. The molecule has 3 nitrogen and oxygen atoms in total. The minimum Gasteiger partial charge on any atom is -0.312 e. The summed E-state index contributed by atoms with van der Waals surface area (Å²) in [6.45, 7) is 3.81. The highest BCUT2D eigenvalue weighted by molar-refractivity contribution is 8.13. The van der Waals surface area contributed by atoms with E-state index in [1.165, 1.54) is 24.8 Å². The van der Waals surface area contributed by atoms with Crippen molar-refractivity contribution in [2.45, 2.75) is 20.3 Å². The molecule has 0 spiro atoms. The average Bonchev–Trinajstić information content (AvgIpc) is 2.72. The fourth-order valence-electron chi connectivity index (χ4n) is 2.17. The van der Waals surface area contributed by atoms with E-state index in [4.69, 9.17) is 0 Å². The van der Waals surface area contributed by atoms with Crippen LogP contribution in [0.1, 0.15) is 18.9 Å². The van der Waals surface area contributed by atoms with Gasteiger partial charge in [0.15, 0.2) is 5.12 Å². The van der Waals surface area contributed by atoms with Gasteiger partial charge in [-0.15, -0.1) is 0 Å². The Hall–Kier alpha value is -1.36. The van der Waals surface area contributed by atoms with Crippen LogP contribution in [0.3, 0.4) is 0 Å². The molecule has 0 aliphatic carbocycles. The Morgan fingerprint density at radius 2 is 2.26 bits per heavy atom. The average molecular weight is 281 g/mol. The number of amides is 1. The molecule has 1 saturated heterocycles. The van der Waals surface area contributed by atoms with Crippen LogP contribution < -0.4 is 4.90 Å². The Bertz CT molecular complexity index is 518. The lowest BCUT2D eigenvalue weighted by Gasteiger charge is -2.17. The maximum absolute atomic E-state index is 13.2. The van der Waals surface area contributed by atoms with Crippen molar-refractivity contribution in [1.82, 2.24) is 0 Å². The van der Waals surface area contributed by atoms with Gasteiger partial charge in [0.1, 0.15) is 5.82 Å². The Labute approximate surface area is 116 Å². The van der Waals surface area contributed by atoms with Crippen LogP contribution in [0, 0.1) is 18.7 Å². The summed E-state index contributed by atoms with van der Waals surface area (Å²) in [6, 6.07) is 4.70. The molecule has 1 atom stereocenters. The van der Waals surface area contributed by atoms with Crippen LogP contribution >= 0.6 is 11.8 Å². The molecule has 0 N–H and O–H groups in total. The Balaban J connectivity index is 2.07. The Kier molecular flexibility index (Phi) is 4.24. The molecule has 0 saturated carbocycles. The van der Waals surface area contributed by atoms with Crippen molar-refractivity contribution >= 4 is 28.5 Å². The number of aryl methyl sites for hydroxylation is 1. The smallest absolute Gasteiger partial charge is 0.227 e. The van der Waals surface area contributed by atoms with Gasteiger partial charge in [0.25, 0.3) is 0 Å². The fraction of sp³-hybridized carbons (Fsp3) is 0.429. The quantitative estimate of drug-likeness (QED) is 0.855. The molecule has 1 fully saturated rings. The molecule has 1 heterocycles. The summed E-state index contributed by atoms with van der Waals surface area (Å²) in [7, 11) is 0. The van der Waals surface area contributed by atoms with Gasteiger partial charge in [0, 0.05) is 31.3 Å². The zero-order chi connectivity index (χ0) is 14.0. The molecule has 1 aliphatic rings. The maximum Gasteiger partial charge on any atom is 0.227 e. The molecule has 0 radical (unpaired) electrons. The molecule has 1 aromatic carbocycles. The van der Waals surface area contributed by atoms with Crippen LogP contribution in [-0.4, -0.2) is 23.3 Å². The van der Waals surface area contributed by atoms with Gasteiger partial charge in [-0.1, -0.05) is 11.8 Å². The second-order valence-corrected chi connectivity index (χ2v) is 6.01. The molecule has 19 heavy (non-hydrogen) atoms. The number of hydrogen-bond donors (Lipinski definition) is 0. The molecule has 1 aromatic rings. The summed E-state index contributed by atoms with van der Waals surface area (Å²) >= 11 is 1.26. The highest BCUT2D eigenvalue weighted by Gasteiger charge is 2.30. The van der Waals surface area contributed by atoms with Crippen molar-refractivity contribution < 1.29 is 14.0 Å². The largest absolute Gasteiger partial charge is 0.312 e. The third kappa shape index (κ3) is 3.35. The number of thioether (sulfide) groups is 1. The number of hydrogen-bond acceptors (Lipinski definition) is 3. The number of anilines is 1. The molecule has 0 bridgehead atoms. The molecular weight excluding hydrogens is 265 g/mol. The van der Waals surface area contributed by atoms with Gasteiger partial charge in [-0.25, -0.2) is 4.39 Å². The first-order valence-electron chi connectivity index (χ1n) is 6.17. The van der Waals surface area contributed by atoms with Crippen LogP contribution in [0.25, 0.3) is 0 Å². The van der Waals surface area contributed by atoms with Gasteiger partial charge in [0.2, 0.25) is 5.91 Å². The van der Waals surface area contributed by atoms with Crippen LogP contribution in [0.2, 0.25) is 0 Å². The highest BCUT2D eigenvalue weighted by atomic mass is 32.2. The van der Waals surface area contributed by atoms with E-state index in [2.05, 4.69) is 0 Å². The van der Waals surface area contributed by atoms with Gasteiger partial charge in [0.05, 0.1) is 0 Å². The highest BCUT2D eigenvalue weighted by Crippen LogP contribution is 2.28. The summed E-state index contributed by atoms with van der Waals surface area (Å²) in [5.74, 6) is 0.628. The summed E-state index contributed by atoms with van der Waals surface area (Å²) in [5.41, 5.74) is 1.27. The molecule has 1 amide bonds. The molecule has 1 unspecified atom stereocenters. The minimum atomic E-state index is -0.265. The van der Waals surface area contributed by atoms with E-state index in [0.717, 1.165) is 5.69 Å². The van der Waals surface area contributed by atoms with E-state index in [1.54, 1.807) is 24.0 Å². The summed E-state index contributed by atoms with van der Waals surface area (Å²) < 4.78 is 13.2. The van der Waals surface area contributed by atoms with Crippen molar-refractivity contribution in [1.29, 1.82) is 0 Å². The molecule has 1 aliphatic heterocycles. The van der Waals surface area contributed by atoms with E-state index in [9.17, 15) is 14.0 Å². The normalized spacial score (nSPS) is 19.0. The van der Waals surface area contributed by atoms with Gasteiger partial charge in [-0.3, -0.25) is 9.59 Å². The molecular formula is C14H16FNO2S. The van der Waals surface area contributed by atoms with E-state index in [0.29, 0.717) is 24.3 Å². The van der Waals surface area contributed by atoms with Crippen molar-refractivity contribution in [3.05, 3.63) is 29.6 Å². The lowest BCUT2D eigenvalue weighted by Crippen LogP contribution is -2.24. The van der Waals surface area contributed by atoms with Gasteiger partial charge >= 0.3 is 0 Å². The van der Waals surface area contributed by atoms with Crippen molar-refractivity contribution in [3.63, 3.8) is 0 Å². The second-order valence-electron chi connectivity index (χ2n) is 4.81. The van der Waals surface area contributed by atoms with Gasteiger partial charge in [-0.2, -0.15) is 0 Å². The first-order chi connectivity index (χ1) is 8.97. The molecule has 5 heteroatoms. The third-order valence-electron chi connectivity index (χ3n) is 3.18. The Morgan fingerprint density at radius 3 is 2.89 bits per heavy atom. The predicted octanol–water partition coefficient (Wildman–Crippen LogP) is 2.77. The van der Waals surface area contributed by atoms with Crippen LogP contribution in [-0.2, 0) is 9.59 Å². The predicted molar refractivity (Wildman–Crippen MR) is 74.7 cm³/mol. The van der Waals surface area contributed by atoms with Crippen molar-refractivity contribution in [2.75, 3.05) is 17.2 Å². The summed E-state index contributed by atoms with van der Waals surface area (Å²) in [5, 5.41) is 0.0727. The first-order valence-corrected chi connectivity index (χ1v) is 7.16. The molecule has 102 valence electrons. The van der Waals surface area contributed by atoms with Crippen LogP contribution in [0.5, 0.6) is 0 Å². The van der Waals surface area contributed by atoms with E-state index in [-0.39, 0.29) is 22.8 Å². The number of benzene rings is 1. The third-order valence-corrected chi connectivity index (χ3v) is 4.23. The Morgan fingerprint density at radius 1 is 1.53 bits per heavy atom. The number of halogens is 1.